The second kappa shape index (κ2) is 8.52. The monoisotopic (exact) mass is 396 g/mol. The molecule has 1 heterocycles. The first-order valence-electron chi connectivity index (χ1n) is 9.24. The summed E-state index contributed by atoms with van der Waals surface area (Å²) < 4.78 is 7.57. The Labute approximate surface area is 168 Å². The van der Waals surface area contributed by atoms with Gasteiger partial charge in [0, 0.05) is 0 Å². The van der Waals surface area contributed by atoms with Gasteiger partial charge >= 0.3 is 5.97 Å². The zero-order chi connectivity index (χ0) is 20.3. The van der Waals surface area contributed by atoms with E-state index in [-0.39, 0.29) is 24.8 Å². The molecule has 3 aromatic rings. The summed E-state index contributed by atoms with van der Waals surface area (Å²) in [4.78, 5) is 29.3. The third kappa shape index (κ3) is 4.39. The Kier molecular flexibility index (Phi) is 6.09. The van der Waals surface area contributed by atoms with E-state index in [9.17, 15) is 9.59 Å². The van der Waals surface area contributed by atoms with Gasteiger partial charge in [0.05, 0.1) is 23.7 Å². The van der Waals surface area contributed by atoms with E-state index in [0.717, 1.165) is 27.8 Å². The van der Waals surface area contributed by atoms with Crippen molar-refractivity contribution < 1.29 is 14.3 Å². The standard InChI is InChI=1S/C22H24N2O3S/c1-5-16-8-9-18-19(11-16)28-22(24(18)13-21(26)27-4)23-20(25)12-17-7-6-14(2)15(3)10-17/h6-11H,5,12-13H2,1-4H3. The van der Waals surface area contributed by atoms with Crippen LogP contribution in [0.3, 0.4) is 0 Å². The number of benzene rings is 2. The molecule has 5 nitrogen and oxygen atoms in total. The first-order valence-corrected chi connectivity index (χ1v) is 10.1. The molecule has 2 aromatic carbocycles. The number of esters is 1. The van der Waals surface area contributed by atoms with Crippen LogP contribution in [0.25, 0.3) is 10.2 Å². The van der Waals surface area contributed by atoms with Crippen molar-refractivity contribution in [1.29, 1.82) is 0 Å². The van der Waals surface area contributed by atoms with Crippen LogP contribution < -0.4 is 4.80 Å². The summed E-state index contributed by atoms with van der Waals surface area (Å²) in [5, 5.41) is 0. The minimum Gasteiger partial charge on any atom is -0.468 e. The van der Waals surface area contributed by atoms with Gasteiger partial charge in [-0.3, -0.25) is 9.59 Å². The molecule has 0 aliphatic heterocycles. The second-order valence-electron chi connectivity index (χ2n) is 6.80. The number of aryl methyl sites for hydroxylation is 3. The second-order valence-corrected chi connectivity index (χ2v) is 7.81. The van der Waals surface area contributed by atoms with E-state index in [1.165, 1.54) is 29.6 Å². The van der Waals surface area contributed by atoms with Crippen LogP contribution in [0.1, 0.15) is 29.2 Å². The first kappa shape index (κ1) is 20.0. The number of nitrogens with zero attached hydrogens (tertiary/aromatic N) is 2. The molecule has 3 rings (SSSR count). The van der Waals surface area contributed by atoms with Crippen molar-refractivity contribution in [2.75, 3.05) is 7.11 Å². The van der Waals surface area contributed by atoms with Crippen LogP contribution in [0, 0.1) is 13.8 Å². The molecule has 0 aliphatic rings. The number of rotatable bonds is 5. The third-order valence-electron chi connectivity index (χ3n) is 4.82. The van der Waals surface area contributed by atoms with Gasteiger partial charge in [-0.2, -0.15) is 4.99 Å². The number of methoxy groups -OCH3 is 1. The molecule has 0 fully saturated rings. The number of carbonyl (C=O) groups is 2. The van der Waals surface area contributed by atoms with Crippen molar-refractivity contribution in [2.24, 2.45) is 4.99 Å². The van der Waals surface area contributed by atoms with Crippen molar-refractivity contribution in [3.05, 3.63) is 63.5 Å². The highest BCUT2D eigenvalue weighted by atomic mass is 32.1. The van der Waals surface area contributed by atoms with Gasteiger partial charge in [0.25, 0.3) is 5.91 Å². The van der Waals surface area contributed by atoms with Crippen molar-refractivity contribution in [3.8, 4) is 0 Å². The molecule has 6 heteroatoms. The van der Waals surface area contributed by atoms with Crippen LogP contribution in [0.2, 0.25) is 0 Å². The fraction of sp³-hybridized carbons (Fsp3) is 0.318. The summed E-state index contributed by atoms with van der Waals surface area (Å²) in [6, 6.07) is 12.1. The van der Waals surface area contributed by atoms with Gasteiger partial charge in [-0.25, -0.2) is 0 Å². The predicted molar refractivity (Wildman–Crippen MR) is 111 cm³/mol. The third-order valence-corrected chi connectivity index (χ3v) is 5.86. The number of hydrogen-bond donors (Lipinski definition) is 0. The largest absolute Gasteiger partial charge is 0.468 e. The molecule has 1 aromatic heterocycles. The van der Waals surface area contributed by atoms with E-state index in [0.29, 0.717) is 4.80 Å². The first-order chi connectivity index (χ1) is 13.4. The highest BCUT2D eigenvalue weighted by Crippen LogP contribution is 2.20. The quantitative estimate of drug-likeness (QED) is 0.618. The lowest BCUT2D eigenvalue weighted by Gasteiger charge is -2.05. The fourth-order valence-electron chi connectivity index (χ4n) is 3.00. The van der Waals surface area contributed by atoms with E-state index in [2.05, 4.69) is 18.0 Å². The Morgan fingerprint density at radius 3 is 2.50 bits per heavy atom. The van der Waals surface area contributed by atoms with Crippen molar-refractivity contribution in [1.82, 2.24) is 4.57 Å². The van der Waals surface area contributed by atoms with Gasteiger partial charge in [-0.15, -0.1) is 0 Å². The van der Waals surface area contributed by atoms with Crippen molar-refractivity contribution in [2.45, 2.75) is 40.2 Å². The number of aromatic nitrogens is 1. The molecule has 146 valence electrons. The average molecular weight is 397 g/mol. The lowest BCUT2D eigenvalue weighted by Crippen LogP contribution is -2.22. The molecule has 0 bridgehead atoms. The molecule has 1 amide bonds. The molecule has 0 saturated heterocycles. The number of ether oxygens (including phenoxy) is 1. The Bertz CT molecular complexity index is 1110. The highest BCUT2D eigenvalue weighted by molar-refractivity contribution is 7.16. The molecule has 0 atom stereocenters. The summed E-state index contributed by atoms with van der Waals surface area (Å²) >= 11 is 1.42. The van der Waals surface area contributed by atoms with Crippen molar-refractivity contribution >= 4 is 33.4 Å². The van der Waals surface area contributed by atoms with Crippen LogP contribution in [0.4, 0.5) is 0 Å². The molecule has 28 heavy (non-hydrogen) atoms. The van der Waals surface area contributed by atoms with Crippen molar-refractivity contribution in [3.63, 3.8) is 0 Å². The van der Waals surface area contributed by atoms with Crippen LogP contribution >= 0.6 is 11.3 Å². The molecule has 0 saturated carbocycles. The maximum Gasteiger partial charge on any atom is 0.325 e. The average Bonchev–Trinajstić information content (AvgIpc) is 3.00. The summed E-state index contributed by atoms with van der Waals surface area (Å²) in [5.41, 5.74) is 5.36. The molecule has 0 unspecified atom stereocenters. The zero-order valence-corrected chi connectivity index (χ0v) is 17.4. The van der Waals surface area contributed by atoms with Gasteiger partial charge in [-0.05, 0) is 54.7 Å². The molecular formula is C22H24N2O3S. The van der Waals surface area contributed by atoms with Gasteiger partial charge in [0.1, 0.15) is 6.54 Å². The maximum atomic E-state index is 12.6. The lowest BCUT2D eigenvalue weighted by atomic mass is 10.0. The Morgan fingerprint density at radius 1 is 1.07 bits per heavy atom. The topological polar surface area (TPSA) is 60.7 Å². The highest BCUT2D eigenvalue weighted by Gasteiger charge is 2.12. The molecule has 0 spiro atoms. The Morgan fingerprint density at radius 2 is 1.82 bits per heavy atom. The van der Waals surface area contributed by atoms with Gasteiger partial charge in [0.2, 0.25) is 0 Å². The van der Waals surface area contributed by atoms with Gasteiger partial charge in [0.15, 0.2) is 4.80 Å². The lowest BCUT2D eigenvalue weighted by molar-refractivity contribution is -0.141. The normalized spacial score (nSPS) is 11.8. The smallest absolute Gasteiger partial charge is 0.325 e. The summed E-state index contributed by atoms with van der Waals surface area (Å²) in [6.45, 7) is 6.19. The van der Waals surface area contributed by atoms with Crippen LogP contribution in [0.5, 0.6) is 0 Å². The van der Waals surface area contributed by atoms with Crippen LogP contribution in [0.15, 0.2) is 41.4 Å². The number of fused-ring (bicyclic) bond motifs is 1. The number of carbonyl (C=O) groups excluding carboxylic acids is 2. The minimum absolute atomic E-state index is 0.0255. The summed E-state index contributed by atoms with van der Waals surface area (Å²) in [5.74, 6) is -0.605. The number of amides is 1. The minimum atomic E-state index is -0.373. The SMILES string of the molecule is CCc1ccc2c(c1)sc(=NC(=O)Cc1ccc(C)c(C)c1)n2CC(=O)OC. The number of thiazole rings is 1. The summed E-state index contributed by atoms with van der Waals surface area (Å²) in [7, 11) is 1.36. The Hall–Kier alpha value is -2.73. The Balaban J connectivity index is 2.01. The van der Waals surface area contributed by atoms with E-state index in [4.69, 9.17) is 4.74 Å². The fourth-order valence-corrected chi connectivity index (χ4v) is 4.11. The van der Waals surface area contributed by atoms with Gasteiger partial charge < -0.3 is 9.30 Å². The summed E-state index contributed by atoms with van der Waals surface area (Å²) in [6.07, 6.45) is 1.15. The maximum absolute atomic E-state index is 12.6. The van der Waals surface area contributed by atoms with E-state index < -0.39 is 0 Å². The number of hydrogen-bond acceptors (Lipinski definition) is 4. The van der Waals surface area contributed by atoms with E-state index >= 15 is 0 Å². The van der Waals surface area contributed by atoms with E-state index in [1.54, 1.807) is 4.57 Å². The van der Waals surface area contributed by atoms with Gasteiger partial charge in [-0.1, -0.05) is 42.5 Å². The zero-order valence-electron chi connectivity index (χ0n) is 16.6. The molecule has 0 N–H and O–H groups in total. The molecular weight excluding hydrogens is 372 g/mol. The molecule has 0 radical (unpaired) electrons. The predicted octanol–water partition coefficient (Wildman–Crippen LogP) is 3.73. The van der Waals surface area contributed by atoms with E-state index in [1.807, 2.05) is 44.2 Å². The van der Waals surface area contributed by atoms with Crippen LogP contribution in [-0.2, 0) is 33.7 Å². The molecule has 0 aliphatic carbocycles. The van der Waals surface area contributed by atoms with Crippen LogP contribution in [-0.4, -0.2) is 23.6 Å².